The van der Waals surface area contributed by atoms with Crippen molar-refractivity contribution in [2.45, 2.75) is 11.9 Å². The van der Waals surface area contributed by atoms with Crippen molar-refractivity contribution in [1.29, 1.82) is 0 Å². The van der Waals surface area contributed by atoms with Gasteiger partial charge in [-0.25, -0.2) is 18.7 Å². The van der Waals surface area contributed by atoms with Crippen LogP contribution in [-0.2, 0) is 0 Å². The molecule has 0 atom stereocenters. The van der Waals surface area contributed by atoms with Crippen molar-refractivity contribution in [3.63, 3.8) is 0 Å². The molecule has 0 fully saturated rings. The molecular formula is C22H22F2N4O3S. The number of halogens is 2. The predicted octanol–water partition coefficient (Wildman–Crippen LogP) is 4.20. The Labute approximate surface area is 188 Å². The molecule has 0 aliphatic carbocycles. The molecule has 32 heavy (non-hydrogen) atoms. The summed E-state index contributed by atoms with van der Waals surface area (Å²) in [7, 11) is 0. The summed E-state index contributed by atoms with van der Waals surface area (Å²) in [5.74, 6) is -1.39. The van der Waals surface area contributed by atoms with Gasteiger partial charge in [0.05, 0.1) is 13.2 Å². The smallest absolute Gasteiger partial charge is 0.262 e. The molecule has 3 N–H and O–H groups in total. The largest absolute Gasteiger partial charge is 0.494 e. The third kappa shape index (κ3) is 5.51. The van der Waals surface area contributed by atoms with E-state index in [2.05, 4.69) is 20.6 Å². The highest BCUT2D eigenvalue weighted by Gasteiger charge is 2.22. The van der Waals surface area contributed by atoms with E-state index < -0.39 is 17.5 Å². The lowest BCUT2D eigenvalue weighted by atomic mass is 10.2. The summed E-state index contributed by atoms with van der Waals surface area (Å²) in [4.78, 5) is 22.0. The Morgan fingerprint density at radius 3 is 2.50 bits per heavy atom. The summed E-state index contributed by atoms with van der Waals surface area (Å²) in [5, 5.41) is 15.1. The molecule has 10 heteroatoms. The molecule has 3 aromatic rings. The van der Waals surface area contributed by atoms with E-state index in [0.717, 1.165) is 12.1 Å². The number of anilines is 2. The molecule has 3 rings (SSSR count). The molecule has 2 aromatic carbocycles. The predicted molar refractivity (Wildman–Crippen MR) is 120 cm³/mol. The summed E-state index contributed by atoms with van der Waals surface area (Å²) < 4.78 is 32.2. The van der Waals surface area contributed by atoms with Gasteiger partial charge in [0.1, 0.15) is 22.2 Å². The minimum Gasteiger partial charge on any atom is -0.494 e. The average molecular weight is 461 g/mol. The second-order valence-corrected chi connectivity index (χ2v) is 7.27. The van der Waals surface area contributed by atoms with E-state index >= 15 is 0 Å². The Morgan fingerprint density at radius 2 is 1.88 bits per heavy atom. The Bertz CT molecular complexity index is 1100. The van der Waals surface area contributed by atoms with Crippen LogP contribution in [-0.4, -0.2) is 47.0 Å². The quantitative estimate of drug-likeness (QED) is 0.325. The maximum absolute atomic E-state index is 13.5. The molecule has 0 bridgehead atoms. The molecule has 0 saturated carbocycles. The number of thioether (sulfide) groups is 1. The molecule has 1 heterocycles. The minimum absolute atomic E-state index is 0.0876. The normalized spacial score (nSPS) is 10.7. The number of nitrogens with zero attached hydrogens (tertiary/aromatic N) is 2. The zero-order valence-electron chi connectivity index (χ0n) is 17.5. The van der Waals surface area contributed by atoms with Crippen LogP contribution in [0, 0.1) is 11.6 Å². The van der Waals surface area contributed by atoms with Gasteiger partial charge < -0.3 is 20.5 Å². The maximum Gasteiger partial charge on any atom is 0.262 e. The molecule has 0 spiro atoms. The molecule has 0 aliphatic rings. The van der Waals surface area contributed by atoms with Gasteiger partial charge in [0.25, 0.3) is 5.91 Å². The van der Waals surface area contributed by atoms with Gasteiger partial charge in [-0.15, -0.1) is 11.8 Å². The third-order valence-corrected chi connectivity index (χ3v) is 4.98. The molecule has 1 aromatic heterocycles. The molecular weight excluding hydrogens is 438 g/mol. The number of carbonyl (C=O) groups is 1. The van der Waals surface area contributed by atoms with E-state index in [1.165, 1.54) is 17.8 Å². The van der Waals surface area contributed by atoms with Gasteiger partial charge in [-0.3, -0.25) is 4.79 Å². The number of carbonyl (C=O) groups excluding carboxylic acids is 1. The van der Waals surface area contributed by atoms with Crippen molar-refractivity contribution in [3.8, 4) is 17.1 Å². The summed E-state index contributed by atoms with van der Waals surface area (Å²) in [5.41, 5.74) is 0.929. The van der Waals surface area contributed by atoms with E-state index in [1.54, 1.807) is 30.5 Å². The summed E-state index contributed by atoms with van der Waals surface area (Å²) in [6.07, 6.45) is 1.76. The van der Waals surface area contributed by atoms with E-state index in [1.807, 2.05) is 6.92 Å². The summed E-state index contributed by atoms with van der Waals surface area (Å²) >= 11 is 1.23. The molecule has 1 amide bonds. The first kappa shape index (κ1) is 23.4. The zero-order valence-corrected chi connectivity index (χ0v) is 18.3. The van der Waals surface area contributed by atoms with Crippen LogP contribution >= 0.6 is 11.8 Å². The SMILES string of the molecule is CCOc1ccc(-c2nc(NCCO)c(C(=O)Nc3ccc(F)c(F)c3)c(SC)n2)cc1. The van der Waals surface area contributed by atoms with Gasteiger partial charge in [0.2, 0.25) is 0 Å². The fourth-order valence-corrected chi connectivity index (χ4v) is 3.43. The number of aliphatic hydroxyl groups is 1. The van der Waals surface area contributed by atoms with Crippen molar-refractivity contribution in [3.05, 3.63) is 59.7 Å². The van der Waals surface area contributed by atoms with Gasteiger partial charge >= 0.3 is 0 Å². The number of ether oxygens (including phenoxy) is 1. The average Bonchev–Trinajstić information content (AvgIpc) is 2.80. The van der Waals surface area contributed by atoms with Crippen LogP contribution < -0.4 is 15.4 Å². The highest BCUT2D eigenvalue weighted by Crippen LogP contribution is 2.30. The van der Waals surface area contributed by atoms with Crippen molar-refractivity contribution < 1.29 is 23.4 Å². The van der Waals surface area contributed by atoms with Crippen LogP contribution in [0.4, 0.5) is 20.3 Å². The number of benzene rings is 2. The van der Waals surface area contributed by atoms with Gasteiger partial charge in [0.15, 0.2) is 17.5 Å². The van der Waals surface area contributed by atoms with Crippen molar-refractivity contribution in [2.24, 2.45) is 0 Å². The molecule has 0 radical (unpaired) electrons. The van der Waals surface area contributed by atoms with Crippen LogP contribution in [0.15, 0.2) is 47.5 Å². The molecule has 168 valence electrons. The van der Waals surface area contributed by atoms with Crippen molar-refractivity contribution >= 4 is 29.2 Å². The van der Waals surface area contributed by atoms with Crippen LogP contribution in [0.3, 0.4) is 0 Å². The molecule has 0 unspecified atom stereocenters. The minimum atomic E-state index is -1.08. The fourth-order valence-electron chi connectivity index (χ4n) is 2.86. The lowest BCUT2D eigenvalue weighted by Crippen LogP contribution is -2.20. The van der Waals surface area contributed by atoms with E-state index in [4.69, 9.17) is 4.74 Å². The van der Waals surface area contributed by atoms with Crippen molar-refractivity contribution in [1.82, 2.24) is 9.97 Å². The topological polar surface area (TPSA) is 96.4 Å². The lowest BCUT2D eigenvalue weighted by molar-refractivity contribution is 0.102. The van der Waals surface area contributed by atoms with Gasteiger partial charge in [-0.05, 0) is 49.6 Å². The standard InChI is InChI=1S/C22H22F2N4O3S/c1-3-31-15-7-4-13(5-8-15)19-27-20(25-10-11-29)18(22(28-19)32-2)21(30)26-14-6-9-16(23)17(24)12-14/h4-9,12,29H,3,10-11H2,1-2H3,(H,26,30)(H,25,27,28). The van der Waals surface area contributed by atoms with Crippen LogP contribution in [0.25, 0.3) is 11.4 Å². The number of amides is 1. The van der Waals surface area contributed by atoms with E-state index in [9.17, 15) is 18.7 Å². The monoisotopic (exact) mass is 460 g/mol. The number of hydrogen-bond donors (Lipinski definition) is 3. The maximum atomic E-state index is 13.5. The summed E-state index contributed by atoms with van der Waals surface area (Å²) in [6.45, 7) is 2.41. The first-order chi connectivity index (χ1) is 15.5. The Morgan fingerprint density at radius 1 is 1.12 bits per heavy atom. The highest BCUT2D eigenvalue weighted by atomic mass is 32.2. The fraction of sp³-hybridized carbons (Fsp3) is 0.227. The Hall–Kier alpha value is -3.24. The number of aliphatic hydroxyl groups excluding tert-OH is 1. The second-order valence-electron chi connectivity index (χ2n) is 6.47. The molecule has 7 nitrogen and oxygen atoms in total. The molecule has 0 saturated heterocycles. The van der Waals surface area contributed by atoms with Crippen molar-refractivity contribution in [2.75, 3.05) is 36.6 Å². The highest BCUT2D eigenvalue weighted by molar-refractivity contribution is 7.98. The Balaban J connectivity index is 2.00. The van der Waals surface area contributed by atoms with Gasteiger partial charge in [-0.2, -0.15) is 0 Å². The number of nitrogens with one attached hydrogen (secondary N) is 2. The third-order valence-electron chi connectivity index (χ3n) is 4.30. The van der Waals surface area contributed by atoms with Crippen LogP contribution in [0.1, 0.15) is 17.3 Å². The second kappa shape index (κ2) is 10.9. The molecule has 0 aliphatic heterocycles. The van der Waals surface area contributed by atoms with E-state index in [-0.39, 0.29) is 30.2 Å². The first-order valence-corrected chi connectivity index (χ1v) is 11.0. The van der Waals surface area contributed by atoms with E-state index in [0.29, 0.717) is 28.8 Å². The van der Waals surface area contributed by atoms with Gasteiger partial charge in [-0.1, -0.05) is 0 Å². The zero-order chi connectivity index (χ0) is 23.1. The summed E-state index contributed by atoms with van der Waals surface area (Å²) in [6, 6.07) is 10.3. The number of hydrogen-bond acceptors (Lipinski definition) is 7. The number of rotatable bonds is 9. The number of aromatic nitrogens is 2. The Kier molecular flexibility index (Phi) is 7.96. The lowest BCUT2D eigenvalue weighted by Gasteiger charge is -2.15. The van der Waals surface area contributed by atoms with Crippen LogP contribution in [0.5, 0.6) is 5.75 Å². The van der Waals surface area contributed by atoms with Gasteiger partial charge in [0, 0.05) is 23.9 Å². The first-order valence-electron chi connectivity index (χ1n) is 9.77. The van der Waals surface area contributed by atoms with Crippen LogP contribution in [0.2, 0.25) is 0 Å².